The van der Waals surface area contributed by atoms with Crippen molar-refractivity contribution in [3.8, 4) is 5.75 Å². The first kappa shape index (κ1) is 22.1. The number of methoxy groups -OCH3 is 1. The minimum Gasteiger partial charge on any atom is -0.491 e. The van der Waals surface area contributed by atoms with Crippen LogP contribution in [0, 0.1) is 10.1 Å². The van der Waals surface area contributed by atoms with Gasteiger partial charge in [-0.2, -0.15) is 0 Å². The molecule has 1 unspecified atom stereocenters. The lowest BCUT2D eigenvalue weighted by atomic mass is 10.0. The molecule has 2 N–H and O–H groups in total. The molecule has 9 nitrogen and oxygen atoms in total. The summed E-state index contributed by atoms with van der Waals surface area (Å²) in [6.45, 7) is 1.22. The van der Waals surface area contributed by atoms with E-state index in [9.17, 15) is 19.7 Å². The second-order valence-electron chi connectivity index (χ2n) is 6.25. The van der Waals surface area contributed by atoms with Gasteiger partial charge in [0.1, 0.15) is 17.9 Å². The van der Waals surface area contributed by atoms with E-state index in [0.29, 0.717) is 5.75 Å². The third-order valence-electron chi connectivity index (χ3n) is 3.98. The van der Waals surface area contributed by atoms with Gasteiger partial charge in [0.25, 0.3) is 5.69 Å². The first-order valence-corrected chi connectivity index (χ1v) is 8.88. The van der Waals surface area contributed by atoms with Crippen LogP contribution in [0.1, 0.15) is 6.92 Å². The Balaban J connectivity index is 2.00. The number of hydrogen-bond donors (Lipinski definition) is 2. The Hall–Kier alpha value is -3.17. The van der Waals surface area contributed by atoms with Gasteiger partial charge in [0, 0.05) is 12.1 Å². The number of nitro benzene ring substituents is 1. The van der Waals surface area contributed by atoms with Gasteiger partial charge in [-0.15, -0.1) is 0 Å². The van der Waals surface area contributed by atoms with E-state index in [0.717, 1.165) is 6.07 Å². The summed E-state index contributed by atoms with van der Waals surface area (Å²) in [6.07, 6.45) is 0. The number of nitro groups is 1. The van der Waals surface area contributed by atoms with Gasteiger partial charge in [-0.1, -0.05) is 29.8 Å². The summed E-state index contributed by atoms with van der Waals surface area (Å²) in [5.41, 5.74) is -1.27. The Morgan fingerprint density at radius 2 is 1.90 bits per heavy atom. The number of hydrogen-bond acceptors (Lipinski definition) is 7. The van der Waals surface area contributed by atoms with E-state index in [1.165, 1.54) is 19.2 Å². The molecule has 0 heterocycles. The normalized spacial score (nSPS) is 12.5. The average Bonchev–Trinajstić information content (AvgIpc) is 2.72. The number of halogens is 1. The summed E-state index contributed by atoms with van der Waals surface area (Å²) in [5.74, 6) is -0.545. The second kappa shape index (κ2) is 9.85. The van der Waals surface area contributed by atoms with Crippen molar-refractivity contribution in [2.45, 2.75) is 12.5 Å². The maximum absolute atomic E-state index is 12.3. The second-order valence-corrected chi connectivity index (χ2v) is 6.66. The lowest BCUT2D eigenvalue weighted by Crippen LogP contribution is -2.56. The van der Waals surface area contributed by atoms with E-state index in [1.807, 2.05) is 6.07 Å². The Bertz CT molecular complexity index is 893. The van der Waals surface area contributed by atoms with Crippen molar-refractivity contribution in [2.24, 2.45) is 0 Å². The van der Waals surface area contributed by atoms with Gasteiger partial charge >= 0.3 is 5.97 Å². The number of rotatable bonds is 9. The lowest BCUT2D eigenvalue weighted by molar-refractivity contribution is -0.384. The van der Waals surface area contributed by atoms with Gasteiger partial charge in [-0.05, 0) is 25.1 Å². The minimum absolute atomic E-state index is 0.0238. The fourth-order valence-electron chi connectivity index (χ4n) is 2.34. The Kier molecular flexibility index (Phi) is 7.52. The number of non-ortho nitro benzene ring substituents is 1. The van der Waals surface area contributed by atoms with E-state index in [2.05, 4.69) is 10.6 Å². The highest BCUT2D eigenvalue weighted by molar-refractivity contribution is 6.34. The molecule has 1 atom stereocenters. The third kappa shape index (κ3) is 6.16. The molecule has 2 rings (SSSR count). The number of benzene rings is 2. The SMILES string of the molecule is COC(=O)C(C)(COc1ccccc1)NCC(=O)Nc1ccc([N+](=O)[O-])cc1Cl. The van der Waals surface area contributed by atoms with Crippen LogP contribution in [0.4, 0.5) is 11.4 Å². The number of carbonyl (C=O) groups is 2. The lowest BCUT2D eigenvalue weighted by Gasteiger charge is -2.27. The largest absolute Gasteiger partial charge is 0.491 e. The number of amides is 1. The van der Waals surface area contributed by atoms with Crippen LogP contribution in [0.15, 0.2) is 48.5 Å². The average molecular weight is 422 g/mol. The molecule has 29 heavy (non-hydrogen) atoms. The maximum Gasteiger partial charge on any atom is 0.329 e. The number of nitrogens with zero attached hydrogens (tertiary/aromatic N) is 1. The smallest absolute Gasteiger partial charge is 0.329 e. The van der Waals surface area contributed by atoms with Crippen LogP contribution in [-0.2, 0) is 14.3 Å². The molecular weight excluding hydrogens is 402 g/mol. The quantitative estimate of drug-likeness (QED) is 0.363. The molecule has 154 valence electrons. The summed E-state index contributed by atoms with van der Waals surface area (Å²) in [5, 5.41) is 16.1. The number of ether oxygens (including phenoxy) is 2. The number of para-hydroxylation sites is 1. The molecule has 0 spiro atoms. The van der Waals surface area contributed by atoms with Gasteiger partial charge in [0.05, 0.1) is 29.3 Å². The van der Waals surface area contributed by atoms with Crippen molar-refractivity contribution in [3.63, 3.8) is 0 Å². The van der Waals surface area contributed by atoms with Gasteiger partial charge < -0.3 is 14.8 Å². The number of esters is 1. The highest BCUT2D eigenvalue weighted by atomic mass is 35.5. The van der Waals surface area contributed by atoms with Crippen LogP contribution in [0.5, 0.6) is 5.75 Å². The highest BCUT2D eigenvalue weighted by Crippen LogP contribution is 2.26. The topological polar surface area (TPSA) is 120 Å². The summed E-state index contributed by atoms with van der Waals surface area (Å²) >= 11 is 5.96. The summed E-state index contributed by atoms with van der Waals surface area (Å²) in [4.78, 5) is 34.6. The van der Waals surface area contributed by atoms with Crippen LogP contribution < -0.4 is 15.4 Å². The molecule has 0 aromatic heterocycles. The molecule has 2 aromatic rings. The highest BCUT2D eigenvalue weighted by Gasteiger charge is 2.35. The molecule has 1 amide bonds. The molecular formula is C19H20ClN3O6. The summed E-state index contributed by atoms with van der Waals surface area (Å²) < 4.78 is 10.4. The molecule has 0 fully saturated rings. The maximum atomic E-state index is 12.3. The standard InChI is InChI=1S/C19H20ClN3O6/c1-19(18(25)28-2,12-29-14-6-4-3-5-7-14)21-11-17(24)22-16-9-8-13(23(26)27)10-15(16)20/h3-10,21H,11-12H2,1-2H3,(H,22,24). The molecule has 0 saturated heterocycles. The zero-order valence-electron chi connectivity index (χ0n) is 15.8. The zero-order chi connectivity index (χ0) is 21.4. The van der Waals surface area contributed by atoms with Gasteiger partial charge in [0.2, 0.25) is 5.91 Å². The Morgan fingerprint density at radius 1 is 1.21 bits per heavy atom. The predicted molar refractivity (Wildman–Crippen MR) is 107 cm³/mol. The van der Waals surface area contributed by atoms with E-state index < -0.39 is 22.3 Å². The van der Waals surface area contributed by atoms with E-state index >= 15 is 0 Å². The van der Waals surface area contributed by atoms with Gasteiger partial charge in [-0.3, -0.25) is 20.2 Å². The van der Waals surface area contributed by atoms with Crippen LogP contribution in [0.25, 0.3) is 0 Å². The molecule has 0 bridgehead atoms. The van der Waals surface area contributed by atoms with Crippen molar-refractivity contribution in [1.29, 1.82) is 0 Å². The van der Waals surface area contributed by atoms with Crippen molar-refractivity contribution in [3.05, 3.63) is 63.7 Å². The fraction of sp³-hybridized carbons (Fsp3) is 0.263. The van der Waals surface area contributed by atoms with Crippen molar-refractivity contribution in [1.82, 2.24) is 5.32 Å². The van der Waals surface area contributed by atoms with Gasteiger partial charge in [-0.25, -0.2) is 4.79 Å². The van der Waals surface area contributed by atoms with Crippen molar-refractivity contribution in [2.75, 3.05) is 25.6 Å². The molecule has 0 aliphatic carbocycles. The monoisotopic (exact) mass is 421 g/mol. The predicted octanol–water partition coefficient (Wildman–Crippen LogP) is 2.79. The molecule has 0 saturated carbocycles. The molecule has 0 aliphatic heterocycles. The molecule has 10 heteroatoms. The Labute approximate surface area is 172 Å². The number of carbonyl (C=O) groups excluding carboxylic acids is 2. The van der Waals surface area contributed by atoms with Crippen molar-refractivity contribution >= 4 is 34.9 Å². The van der Waals surface area contributed by atoms with Crippen LogP contribution in [-0.4, -0.2) is 42.6 Å². The van der Waals surface area contributed by atoms with E-state index in [-0.39, 0.29) is 29.5 Å². The number of nitrogens with one attached hydrogen (secondary N) is 2. The van der Waals surface area contributed by atoms with Crippen molar-refractivity contribution < 1.29 is 24.0 Å². The number of anilines is 1. The summed E-state index contributed by atoms with van der Waals surface area (Å²) in [7, 11) is 1.24. The minimum atomic E-state index is -1.29. The third-order valence-corrected chi connectivity index (χ3v) is 4.30. The fourth-order valence-corrected chi connectivity index (χ4v) is 2.56. The molecule has 0 radical (unpaired) electrons. The van der Waals surface area contributed by atoms with Gasteiger partial charge in [0.15, 0.2) is 0 Å². The van der Waals surface area contributed by atoms with Crippen LogP contribution in [0.2, 0.25) is 5.02 Å². The van der Waals surface area contributed by atoms with Crippen LogP contribution in [0.3, 0.4) is 0 Å². The Morgan fingerprint density at radius 3 is 2.48 bits per heavy atom. The molecule has 0 aliphatic rings. The van der Waals surface area contributed by atoms with E-state index in [4.69, 9.17) is 21.1 Å². The summed E-state index contributed by atoms with van der Waals surface area (Å²) in [6, 6.07) is 12.6. The first-order valence-electron chi connectivity index (χ1n) is 8.50. The van der Waals surface area contributed by atoms with Crippen LogP contribution >= 0.6 is 11.6 Å². The zero-order valence-corrected chi connectivity index (χ0v) is 16.6. The molecule has 2 aromatic carbocycles. The first-order chi connectivity index (χ1) is 13.7. The van der Waals surface area contributed by atoms with E-state index in [1.54, 1.807) is 31.2 Å².